The fraction of sp³-hybridized carbons (Fsp3) is 0.750. The Labute approximate surface area is 68.3 Å². The Morgan fingerprint density at radius 3 is 2.64 bits per heavy atom. The summed E-state index contributed by atoms with van der Waals surface area (Å²) in [4.78, 5) is 0. The van der Waals surface area contributed by atoms with E-state index in [9.17, 15) is 5.11 Å². The molecule has 0 aromatic heterocycles. The number of nitrogens with two attached hydrogens (primary N) is 1. The van der Waals surface area contributed by atoms with Crippen molar-refractivity contribution in [3.8, 4) is 0 Å². The first-order chi connectivity index (χ1) is 5.07. The smallest absolute Gasteiger partial charge is 0.0704 e. The molecule has 11 heavy (non-hydrogen) atoms. The topological polar surface area (TPSA) is 58.3 Å². The van der Waals surface area contributed by atoms with Crippen LogP contribution in [-0.4, -0.2) is 24.3 Å². The van der Waals surface area contributed by atoms with Crippen molar-refractivity contribution in [3.63, 3.8) is 0 Å². The third-order valence-corrected chi connectivity index (χ3v) is 1.62. The highest BCUT2D eigenvalue weighted by molar-refractivity contribution is 4.85. The van der Waals surface area contributed by atoms with Crippen molar-refractivity contribution in [1.82, 2.24) is 5.32 Å². The van der Waals surface area contributed by atoms with Gasteiger partial charge in [0, 0.05) is 24.7 Å². The van der Waals surface area contributed by atoms with Crippen LogP contribution in [0.5, 0.6) is 0 Å². The molecule has 4 N–H and O–H groups in total. The van der Waals surface area contributed by atoms with E-state index in [0.717, 1.165) is 12.2 Å². The normalized spacial score (nSPS) is 15.6. The largest absolute Gasteiger partial charge is 0.391 e. The number of hydrogen-bond donors (Lipinski definition) is 3. The zero-order valence-electron chi connectivity index (χ0n) is 7.30. The molecule has 0 aliphatic heterocycles. The van der Waals surface area contributed by atoms with Crippen LogP contribution in [0.4, 0.5) is 0 Å². The number of nitrogens with one attached hydrogen (secondary N) is 1. The van der Waals surface area contributed by atoms with E-state index in [-0.39, 0.29) is 5.92 Å². The zero-order valence-corrected chi connectivity index (χ0v) is 7.30. The molecule has 0 spiro atoms. The molecule has 0 saturated carbocycles. The number of rotatable bonds is 5. The second-order valence-corrected chi connectivity index (χ2v) is 2.94. The molecule has 0 heterocycles. The van der Waals surface area contributed by atoms with Crippen molar-refractivity contribution < 1.29 is 5.11 Å². The van der Waals surface area contributed by atoms with Crippen LogP contribution >= 0.6 is 0 Å². The van der Waals surface area contributed by atoms with Crippen molar-refractivity contribution in [2.45, 2.75) is 20.0 Å². The second-order valence-electron chi connectivity index (χ2n) is 2.94. The van der Waals surface area contributed by atoms with Gasteiger partial charge < -0.3 is 16.2 Å². The summed E-state index contributed by atoms with van der Waals surface area (Å²) in [6, 6.07) is 0. The number of aliphatic hydroxyl groups is 1. The summed E-state index contributed by atoms with van der Waals surface area (Å²) in [5.74, 6) is 0.177. The van der Waals surface area contributed by atoms with Crippen LogP contribution in [0.2, 0.25) is 0 Å². The van der Waals surface area contributed by atoms with E-state index in [1.54, 1.807) is 0 Å². The summed E-state index contributed by atoms with van der Waals surface area (Å²) in [5, 5.41) is 12.3. The van der Waals surface area contributed by atoms with Gasteiger partial charge in [0.1, 0.15) is 0 Å². The molecule has 0 amide bonds. The van der Waals surface area contributed by atoms with Gasteiger partial charge in [0.25, 0.3) is 0 Å². The highest BCUT2D eigenvalue weighted by atomic mass is 16.3. The predicted molar refractivity (Wildman–Crippen MR) is 47.0 cm³/mol. The van der Waals surface area contributed by atoms with Crippen molar-refractivity contribution in [1.29, 1.82) is 0 Å². The molecule has 0 radical (unpaired) electrons. The molecule has 2 atom stereocenters. The molecule has 0 fully saturated rings. The summed E-state index contributed by atoms with van der Waals surface area (Å²) in [6.45, 7) is 8.58. The Bertz CT molecular complexity index is 125. The van der Waals surface area contributed by atoms with Gasteiger partial charge in [0.2, 0.25) is 0 Å². The molecule has 3 heteroatoms. The summed E-state index contributed by atoms with van der Waals surface area (Å²) in [6.07, 6.45) is -0.415. The quantitative estimate of drug-likeness (QED) is 0.530. The Balaban J connectivity index is 3.51. The maximum absolute atomic E-state index is 9.24. The maximum Gasteiger partial charge on any atom is 0.0704 e. The Morgan fingerprint density at radius 2 is 2.27 bits per heavy atom. The molecule has 0 saturated heterocycles. The van der Waals surface area contributed by atoms with Gasteiger partial charge in [0.05, 0.1) is 6.10 Å². The van der Waals surface area contributed by atoms with E-state index < -0.39 is 6.10 Å². The highest BCUT2D eigenvalue weighted by Gasteiger charge is 2.10. The van der Waals surface area contributed by atoms with Crippen LogP contribution in [0.3, 0.4) is 0 Å². The summed E-state index contributed by atoms with van der Waals surface area (Å²) in [7, 11) is 0. The van der Waals surface area contributed by atoms with Crippen LogP contribution in [0.25, 0.3) is 0 Å². The first-order valence-corrected chi connectivity index (χ1v) is 3.85. The van der Waals surface area contributed by atoms with Crippen molar-refractivity contribution in [2.24, 2.45) is 11.7 Å². The molecule has 3 nitrogen and oxygen atoms in total. The Morgan fingerprint density at radius 1 is 1.73 bits per heavy atom. The van der Waals surface area contributed by atoms with Gasteiger partial charge in [-0.25, -0.2) is 0 Å². The van der Waals surface area contributed by atoms with Gasteiger partial charge in [-0.2, -0.15) is 0 Å². The number of hydrogen-bond acceptors (Lipinski definition) is 3. The molecule has 0 aromatic rings. The minimum Gasteiger partial charge on any atom is -0.391 e. The number of allylic oxidation sites excluding steroid dienone is 1. The molecule has 1 unspecified atom stereocenters. The van der Waals surface area contributed by atoms with Gasteiger partial charge in [-0.3, -0.25) is 0 Å². The molecule has 0 bridgehead atoms. The summed E-state index contributed by atoms with van der Waals surface area (Å²) in [5.41, 5.74) is 6.20. The van der Waals surface area contributed by atoms with Crippen LogP contribution in [-0.2, 0) is 0 Å². The molecular formula is C8H18N2O. The fourth-order valence-electron chi connectivity index (χ4n) is 0.704. The van der Waals surface area contributed by atoms with Gasteiger partial charge in [-0.15, -0.1) is 0 Å². The Hall–Kier alpha value is -0.540. The first-order valence-electron chi connectivity index (χ1n) is 3.85. The predicted octanol–water partition coefficient (Wildman–Crippen LogP) is 0.0653. The average molecular weight is 158 g/mol. The van der Waals surface area contributed by atoms with Gasteiger partial charge in [-0.05, 0) is 6.92 Å². The van der Waals surface area contributed by atoms with Gasteiger partial charge in [0.15, 0.2) is 0 Å². The summed E-state index contributed by atoms with van der Waals surface area (Å²) >= 11 is 0. The molecule has 0 aliphatic carbocycles. The second kappa shape index (κ2) is 5.16. The lowest BCUT2D eigenvalue weighted by Gasteiger charge is -2.17. The highest BCUT2D eigenvalue weighted by Crippen LogP contribution is 1.99. The SMILES string of the molecule is C=C(C)NCC(C)[C@H](O)CN. The van der Waals surface area contributed by atoms with E-state index in [0.29, 0.717) is 6.54 Å². The van der Waals surface area contributed by atoms with Crippen LogP contribution in [0.15, 0.2) is 12.3 Å². The molecule has 0 rings (SSSR count). The average Bonchev–Trinajstić information content (AvgIpc) is 1.98. The molecule has 0 aromatic carbocycles. The lowest BCUT2D eigenvalue weighted by molar-refractivity contribution is 0.125. The minimum absolute atomic E-state index is 0.177. The number of aliphatic hydroxyl groups excluding tert-OH is 1. The van der Waals surface area contributed by atoms with Crippen LogP contribution in [0.1, 0.15) is 13.8 Å². The Kier molecular flexibility index (Phi) is 4.90. The lowest BCUT2D eigenvalue weighted by atomic mass is 10.1. The van der Waals surface area contributed by atoms with E-state index in [4.69, 9.17) is 5.73 Å². The molecule has 66 valence electrons. The van der Waals surface area contributed by atoms with Crippen LogP contribution < -0.4 is 11.1 Å². The summed E-state index contributed by atoms with van der Waals surface area (Å²) < 4.78 is 0. The van der Waals surface area contributed by atoms with Gasteiger partial charge in [-0.1, -0.05) is 13.5 Å². The van der Waals surface area contributed by atoms with Crippen LogP contribution in [0, 0.1) is 5.92 Å². The fourth-order valence-corrected chi connectivity index (χ4v) is 0.704. The monoisotopic (exact) mass is 158 g/mol. The maximum atomic E-state index is 9.24. The minimum atomic E-state index is -0.415. The third-order valence-electron chi connectivity index (χ3n) is 1.62. The van der Waals surface area contributed by atoms with E-state index >= 15 is 0 Å². The molecular weight excluding hydrogens is 140 g/mol. The van der Waals surface area contributed by atoms with Gasteiger partial charge >= 0.3 is 0 Å². The van der Waals surface area contributed by atoms with Crippen molar-refractivity contribution in [2.75, 3.05) is 13.1 Å². The third kappa shape index (κ3) is 4.81. The standard InChI is InChI=1S/C8H18N2O/c1-6(2)10-5-7(3)8(11)4-9/h7-8,10-11H,1,4-5,9H2,2-3H3/t7?,8-/m1/s1. The zero-order chi connectivity index (χ0) is 8.85. The van der Waals surface area contributed by atoms with E-state index in [1.165, 1.54) is 0 Å². The molecule has 0 aliphatic rings. The van der Waals surface area contributed by atoms with Crippen molar-refractivity contribution >= 4 is 0 Å². The van der Waals surface area contributed by atoms with E-state index in [2.05, 4.69) is 11.9 Å². The van der Waals surface area contributed by atoms with Crippen molar-refractivity contribution in [3.05, 3.63) is 12.3 Å². The first kappa shape index (κ1) is 10.5. The van der Waals surface area contributed by atoms with E-state index in [1.807, 2.05) is 13.8 Å². The lowest BCUT2D eigenvalue weighted by Crippen LogP contribution is -2.33.